The van der Waals surface area contributed by atoms with Crippen LogP contribution in [0.25, 0.3) is 0 Å². The molecule has 70 valence electrons. The summed E-state index contributed by atoms with van der Waals surface area (Å²) in [5.74, 6) is 0. The number of hydrogen-bond acceptors (Lipinski definition) is 1. The van der Waals surface area contributed by atoms with Crippen molar-refractivity contribution in [2.75, 3.05) is 6.61 Å². The van der Waals surface area contributed by atoms with E-state index in [1.165, 1.54) is 31.3 Å². The van der Waals surface area contributed by atoms with E-state index in [9.17, 15) is 0 Å². The van der Waals surface area contributed by atoms with Crippen LogP contribution in [0, 0.1) is 5.41 Å². The number of rotatable bonds is 3. The Morgan fingerprint density at radius 2 is 2.25 bits per heavy atom. The summed E-state index contributed by atoms with van der Waals surface area (Å²) in [5, 5.41) is 8.77. The second kappa shape index (κ2) is 4.08. The predicted molar refractivity (Wildman–Crippen MR) is 52.0 cm³/mol. The third-order valence-corrected chi connectivity index (χ3v) is 3.20. The highest BCUT2D eigenvalue weighted by Gasteiger charge is 2.29. The van der Waals surface area contributed by atoms with Crippen LogP contribution in [-0.4, -0.2) is 11.7 Å². The fourth-order valence-corrected chi connectivity index (χ4v) is 2.10. The van der Waals surface area contributed by atoms with E-state index in [0.29, 0.717) is 12.0 Å². The molecule has 1 saturated carbocycles. The van der Waals surface area contributed by atoms with Crippen molar-refractivity contribution < 1.29 is 5.11 Å². The van der Waals surface area contributed by atoms with E-state index in [1.807, 2.05) is 0 Å². The van der Waals surface area contributed by atoms with E-state index in [-0.39, 0.29) is 0 Å². The zero-order valence-electron chi connectivity index (χ0n) is 8.10. The van der Waals surface area contributed by atoms with Crippen molar-refractivity contribution in [2.24, 2.45) is 5.41 Å². The monoisotopic (exact) mass is 168 g/mol. The van der Waals surface area contributed by atoms with E-state index in [0.717, 1.165) is 12.8 Å². The van der Waals surface area contributed by atoms with Crippen molar-refractivity contribution in [3.05, 3.63) is 12.2 Å². The average molecular weight is 168 g/mol. The van der Waals surface area contributed by atoms with Gasteiger partial charge in [0.2, 0.25) is 0 Å². The van der Waals surface area contributed by atoms with Crippen LogP contribution in [0.5, 0.6) is 0 Å². The molecule has 0 aromatic carbocycles. The van der Waals surface area contributed by atoms with Gasteiger partial charge in [0, 0.05) is 6.61 Å². The summed E-state index contributed by atoms with van der Waals surface area (Å²) in [6.07, 6.45) is 7.15. The van der Waals surface area contributed by atoms with Crippen LogP contribution in [-0.2, 0) is 0 Å². The molecule has 1 aliphatic rings. The van der Waals surface area contributed by atoms with Crippen LogP contribution >= 0.6 is 0 Å². The number of aliphatic hydroxyl groups is 1. The lowest BCUT2D eigenvalue weighted by atomic mass is 9.70. The molecular weight excluding hydrogens is 148 g/mol. The topological polar surface area (TPSA) is 20.2 Å². The van der Waals surface area contributed by atoms with Gasteiger partial charge in [-0.25, -0.2) is 0 Å². The summed E-state index contributed by atoms with van der Waals surface area (Å²) >= 11 is 0. The fourth-order valence-electron chi connectivity index (χ4n) is 2.10. The van der Waals surface area contributed by atoms with Gasteiger partial charge in [0.1, 0.15) is 0 Å². The highest BCUT2D eigenvalue weighted by Crippen LogP contribution is 2.42. The highest BCUT2D eigenvalue weighted by atomic mass is 16.2. The molecule has 1 rings (SSSR count). The van der Waals surface area contributed by atoms with Gasteiger partial charge in [0.25, 0.3) is 0 Å². The Bertz CT molecular complexity index is 162. The Labute approximate surface area is 75.5 Å². The zero-order chi connectivity index (χ0) is 9.03. The first-order valence-corrected chi connectivity index (χ1v) is 4.98. The maximum Gasteiger partial charge on any atom is 0.0431 e. The van der Waals surface area contributed by atoms with Gasteiger partial charge in [0.05, 0.1) is 0 Å². The summed E-state index contributed by atoms with van der Waals surface area (Å²) in [7, 11) is 0. The van der Waals surface area contributed by atoms with Gasteiger partial charge in [-0.05, 0) is 37.5 Å². The lowest BCUT2D eigenvalue weighted by Gasteiger charge is -2.36. The molecule has 0 saturated heterocycles. The second-order valence-electron chi connectivity index (χ2n) is 4.20. The quantitative estimate of drug-likeness (QED) is 0.642. The third-order valence-electron chi connectivity index (χ3n) is 3.20. The molecule has 0 aliphatic heterocycles. The van der Waals surface area contributed by atoms with Gasteiger partial charge in [-0.1, -0.05) is 25.5 Å². The summed E-state index contributed by atoms with van der Waals surface area (Å²) in [5.41, 5.74) is 1.74. The first-order valence-electron chi connectivity index (χ1n) is 4.98. The molecule has 0 spiro atoms. The van der Waals surface area contributed by atoms with Crippen molar-refractivity contribution in [1.29, 1.82) is 0 Å². The Balaban J connectivity index is 2.48. The number of hydrogen-bond donors (Lipinski definition) is 1. The molecule has 0 aromatic heterocycles. The molecule has 1 N–H and O–H groups in total. The summed E-state index contributed by atoms with van der Waals surface area (Å²) in [6.45, 7) is 6.76. The molecule has 0 radical (unpaired) electrons. The maximum atomic E-state index is 8.77. The van der Waals surface area contributed by atoms with Crippen molar-refractivity contribution in [1.82, 2.24) is 0 Å². The molecular formula is C11H20O. The first kappa shape index (κ1) is 9.79. The molecule has 0 heterocycles. The molecule has 0 bridgehead atoms. The van der Waals surface area contributed by atoms with Gasteiger partial charge in [-0.15, -0.1) is 0 Å². The maximum absolute atomic E-state index is 8.77. The Morgan fingerprint density at radius 3 is 2.83 bits per heavy atom. The van der Waals surface area contributed by atoms with Crippen molar-refractivity contribution in [3.8, 4) is 0 Å². The Kier molecular flexibility index (Phi) is 3.33. The molecule has 0 unspecified atom stereocenters. The van der Waals surface area contributed by atoms with E-state index in [2.05, 4.69) is 13.5 Å². The van der Waals surface area contributed by atoms with Crippen molar-refractivity contribution in [2.45, 2.75) is 45.4 Å². The lowest BCUT2D eigenvalue weighted by Crippen LogP contribution is -2.22. The summed E-state index contributed by atoms with van der Waals surface area (Å²) in [6, 6.07) is 0. The molecule has 1 heteroatoms. The number of allylic oxidation sites excluding steroid dienone is 1. The first-order chi connectivity index (χ1) is 5.69. The normalized spacial score (nSPS) is 30.7. The summed E-state index contributed by atoms with van der Waals surface area (Å²) < 4.78 is 0. The fraction of sp³-hybridized carbons (Fsp3) is 0.818. The third kappa shape index (κ3) is 2.10. The molecule has 0 amide bonds. The van der Waals surface area contributed by atoms with Crippen molar-refractivity contribution in [3.63, 3.8) is 0 Å². The minimum atomic E-state index is 0.322. The molecule has 0 aromatic rings. The van der Waals surface area contributed by atoms with Gasteiger partial charge >= 0.3 is 0 Å². The van der Waals surface area contributed by atoms with Gasteiger partial charge in [0.15, 0.2) is 0 Å². The zero-order valence-corrected chi connectivity index (χ0v) is 8.10. The Hall–Kier alpha value is -0.300. The van der Waals surface area contributed by atoms with Crippen LogP contribution in [0.3, 0.4) is 0 Å². The number of aliphatic hydroxyl groups excluding tert-OH is 1. The van der Waals surface area contributed by atoms with E-state index in [4.69, 9.17) is 5.11 Å². The highest BCUT2D eigenvalue weighted by molar-refractivity contribution is 5.10. The predicted octanol–water partition coefficient (Wildman–Crippen LogP) is 2.90. The van der Waals surface area contributed by atoms with Crippen molar-refractivity contribution >= 4 is 0 Å². The molecule has 1 nitrogen and oxygen atoms in total. The van der Waals surface area contributed by atoms with Gasteiger partial charge in [-0.2, -0.15) is 0 Å². The van der Waals surface area contributed by atoms with Crippen LogP contribution in [0.4, 0.5) is 0 Å². The molecule has 1 aliphatic carbocycles. The Morgan fingerprint density at radius 1 is 1.50 bits per heavy atom. The summed E-state index contributed by atoms with van der Waals surface area (Å²) in [4.78, 5) is 0. The molecule has 1 fully saturated rings. The van der Waals surface area contributed by atoms with Crippen LogP contribution < -0.4 is 0 Å². The van der Waals surface area contributed by atoms with Gasteiger partial charge < -0.3 is 5.11 Å². The van der Waals surface area contributed by atoms with E-state index >= 15 is 0 Å². The van der Waals surface area contributed by atoms with Gasteiger partial charge in [-0.3, -0.25) is 0 Å². The second-order valence-corrected chi connectivity index (χ2v) is 4.20. The van der Waals surface area contributed by atoms with Crippen LogP contribution in [0.15, 0.2) is 12.2 Å². The molecule has 1 atom stereocenters. The van der Waals surface area contributed by atoms with E-state index < -0.39 is 0 Å². The SMILES string of the molecule is C=C1CCCC[C@]1(C)CCCO. The van der Waals surface area contributed by atoms with Crippen LogP contribution in [0.1, 0.15) is 45.4 Å². The minimum absolute atomic E-state index is 0.322. The largest absolute Gasteiger partial charge is 0.396 e. The smallest absolute Gasteiger partial charge is 0.0431 e. The van der Waals surface area contributed by atoms with E-state index in [1.54, 1.807) is 0 Å². The molecule has 12 heavy (non-hydrogen) atoms. The van der Waals surface area contributed by atoms with Crippen LogP contribution in [0.2, 0.25) is 0 Å². The minimum Gasteiger partial charge on any atom is -0.396 e. The lowest BCUT2D eigenvalue weighted by molar-refractivity contribution is 0.225. The standard InChI is InChI=1S/C11H20O/c1-10-6-3-4-7-11(10,2)8-5-9-12/h12H,1,3-9H2,2H3/t11-/m1/s1. The average Bonchev–Trinajstić information content (AvgIpc) is 2.07.